The molecular weight excluding hydrogens is 272 g/mol. The Kier molecular flexibility index (Phi) is 3.44. The van der Waals surface area contributed by atoms with Crippen LogP contribution < -0.4 is 10.6 Å². The van der Waals surface area contributed by atoms with E-state index >= 15 is 0 Å². The van der Waals surface area contributed by atoms with Crippen LogP contribution in [0.25, 0.3) is 10.1 Å². The van der Waals surface area contributed by atoms with E-state index in [9.17, 15) is 9.59 Å². The fourth-order valence-corrected chi connectivity index (χ4v) is 3.59. The number of rotatable bonds is 3. The van der Waals surface area contributed by atoms with Gasteiger partial charge in [0.05, 0.1) is 6.04 Å². The molecule has 0 aliphatic carbocycles. The molecular formula is C15H16N2O2S. The molecule has 2 N–H and O–H groups in total. The summed E-state index contributed by atoms with van der Waals surface area (Å²) in [7, 11) is 0. The van der Waals surface area contributed by atoms with Crippen LogP contribution >= 0.6 is 11.3 Å². The van der Waals surface area contributed by atoms with Gasteiger partial charge in [-0.2, -0.15) is 0 Å². The second-order valence-corrected chi connectivity index (χ2v) is 5.99. The van der Waals surface area contributed by atoms with E-state index in [1.807, 2.05) is 19.1 Å². The SMILES string of the molecule is C[C@H](NC(=O)[C@H]1CCC(=O)N1)c1csc2ccccc12. The molecule has 5 heteroatoms. The van der Waals surface area contributed by atoms with Crippen molar-refractivity contribution in [2.75, 3.05) is 0 Å². The molecule has 1 aliphatic rings. The number of carbonyl (C=O) groups excluding carboxylic acids is 2. The lowest BCUT2D eigenvalue weighted by Gasteiger charge is -2.17. The van der Waals surface area contributed by atoms with E-state index in [0.717, 1.165) is 5.56 Å². The minimum atomic E-state index is -0.380. The van der Waals surface area contributed by atoms with Gasteiger partial charge in [0.15, 0.2) is 0 Å². The van der Waals surface area contributed by atoms with Gasteiger partial charge >= 0.3 is 0 Å². The molecule has 0 unspecified atom stereocenters. The van der Waals surface area contributed by atoms with E-state index in [4.69, 9.17) is 0 Å². The Hall–Kier alpha value is -1.88. The van der Waals surface area contributed by atoms with Crippen molar-refractivity contribution in [2.45, 2.75) is 31.8 Å². The van der Waals surface area contributed by atoms with E-state index < -0.39 is 0 Å². The summed E-state index contributed by atoms with van der Waals surface area (Å²) in [6, 6.07) is 7.73. The smallest absolute Gasteiger partial charge is 0.243 e. The van der Waals surface area contributed by atoms with Gasteiger partial charge in [0, 0.05) is 11.1 Å². The Morgan fingerprint density at radius 3 is 3.00 bits per heavy atom. The topological polar surface area (TPSA) is 58.2 Å². The van der Waals surface area contributed by atoms with Crippen molar-refractivity contribution >= 4 is 33.2 Å². The molecule has 20 heavy (non-hydrogen) atoms. The molecule has 3 rings (SSSR count). The van der Waals surface area contributed by atoms with Gasteiger partial charge in [0.1, 0.15) is 6.04 Å². The molecule has 0 radical (unpaired) electrons. The molecule has 0 saturated carbocycles. The summed E-state index contributed by atoms with van der Waals surface area (Å²) in [6.45, 7) is 1.98. The first-order valence-electron chi connectivity index (χ1n) is 6.71. The Morgan fingerprint density at radius 1 is 1.45 bits per heavy atom. The third-order valence-corrected chi connectivity index (χ3v) is 4.63. The van der Waals surface area contributed by atoms with E-state index in [1.54, 1.807) is 11.3 Å². The van der Waals surface area contributed by atoms with Crippen LogP contribution in [0.5, 0.6) is 0 Å². The largest absolute Gasteiger partial charge is 0.348 e. The van der Waals surface area contributed by atoms with Crippen molar-refractivity contribution < 1.29 is 9.59 Å². The third kappa shape index (κ3) is 2.41. The van der Waals surface area contributed by atoms with Crippen molar-refractivity contribution in [1.29, 1.82) is 0 Å². The van der Waals surface area contributed by atoms with E-state index in [2.05, 4.69) is 28.1 Å². The summed E-state index contributed by atoms with van der Waals surface area (Å²) in [5, 5.41) is 8.95. The summed E-state index contributed by atoms with van der Waals surface area (Å²) in [6.07, 6.45) is 1.02. The maximum atomic E-state index is 12.1. The molecule has 1 aromatic carbocycles. The van der Waals surface area contributed by atoms with Crippen molar-refractivity contribution in [1.82, 2.24) is 10.6 Å². The minimum absolute atomic E-state index is 0.0428. The average Bonchev–Trinajstić information content (AvgIpc) is 3.04. The van der Waals surface area contributed by atoms with Crippen LogP contribution in [0.1, 0.15) is 31.4 Å². The predicted molar refractivity (Wildman–Crippen MR) is 79.5 cm³/mol. The van der Waals surface area contributed by atoms with Crippen LogP contribution in [0.3, 0.4) is 0 Å². The Bertz CT molecular complexity index is 665. The van der Waals surface area contributed by atoms with E-state index in [0.29, 0.717) is 12.8 Å². The number of hydrogen-bond acceptors (Lipinski definition) is 3. The number of carbonyl (C=O) groups is 2. The second-order valence-electron chi connectivity index (χ2n) is 5.08. The first-order chi connectivity index (χ1) is 9.65. The molecule has 2 heterocycles. The zero-order chi connectivity index (χ0) is 14.1. The third-order valence-electron chi connectivity index (χ3n) is 3.65. The molecule has 0 spiro atoms. The highest BCUT2D eigenvalue weighted by molar-refractivity contribution is 7.17. The normalized spacial score (nSPS) is 19.9. The average molecular weight is 288 g/mol. The summed E-state index contributed by atoms with van der Waals surface area (Å²) in [4.78, 5) is 23.3. The fourth-order valence-electron chi connectivity index (χ4n) is 2.54. The number of thiophene rings is 1. The lowest BCUT2D eigenvalue weighted by molar-refractivity contribution is -0.126. The summed E-state index contributed by atoms with van der Waals surface area (Å²) in [5.74, 6) is -0.141. The summed E-state index contributed by atoms with van der Waals surface area (Å²) < 4.78 is 1.22. The predicted octanol–water partition coefficient (Wildman–Crippen LogP) is 2.36. The number of fused-ring (bicyclic) bond motifs is 1. The van der Waals surface area contributed by atoms with Gasteiger partial charge in [-0.3, -0.25) is 9.59 Å². The van der Waals surface area contributed by atoms with Crippen LogP contribution in [-0.4, -0.2) is 17.9 Å². The van der Waals surface area contributed by atoms with Crippen LogP contribution in [0.4, 0.5) is 0 Å². The van der Waals surface area contributed by atoms with Gasteiger partial charge in [-0.1, -0.05) is 18.2 Å². The molecule has 1 aromatic heterocycles. The monoisotopic (exact) mass is 288 g/mol. The minimum Gasteiger partial charge on any atom is -0.348 e. The Morgan fingerprint density at radius 2 is 2.25 bits per heavy atom. The molecule has 0 bridgehead atoms. The Labute approximate surface area is 121 Å². The summed E-state index contributed by atoms with van der Waals surface area (Å²) >= 11 is 1.68. The quantitative estimate of drug-likeness (QED) is 0.911. The molecule has 2 amide bonds. The highest BCUT2D eigenvalue weighted by Crippen LogP contribution is 2.30. The number of benzene rings is 1. The van der Waals surface area contributed by atoms with Gasteiger partial charge in [-0.05, 0) is 35.7 Å². The highest BCUT2D eigenvalue weighted by atomic mass is 32.1. The van der Waals surface area contributed by atoms with Gasteiger partial charge in [0.2, 0.25) is 11.8 Å². The van der Waals surface area contributed by atoms with Crippen molar-refractivity contribution in [2.24, 2.45) is 0 Å². The van der Waals surface area contributed by atoms with Crippen molar-refractivity contribution in [3.8, 4) is 0 Å². The number of hydrogen-bond donors (Lipinski definition) is 2. The zero-order valence-corrected chi connectivity index (χ0v) is 12.0. The maximum Gasteiger partial charge on any atom is 0.243 e. The molecule has 104 valence electrons. The van der Waals surface area contributed by atoms with Crippen LogP contribution in [0.2, 0.25) is 0 Å². The molecule has 2 atom stereocenters. The number of amides is 2. The van der Waals surface area contributed by atoms with Crippen molar-refractivity contribution in [3.63, 3.8) is 0 Å². The standard InChI is InChI=1S/C15H16N2O2S/c1-9(16-15(19)12-6-7-14(18)17-12)11-8-20-13-5-3-2-4-10(11)13/h2-5,8-9,12H,6-7H2,1H3,(H,16,19)(H,17,18)/t9-,12+/m0/s1. The van der Waals surface area contributed by atoms with Gasteiger partial charge in [-0.25, -0.2) is 0 Å². The first kappa shape index (κ1) is 13.1. The van der Waals surface area contributed by atoms with Gasteiger partial charge in [0.25, 0.3) is 0 Å². The van der Waals surface area contributed by atoms with Crippen molar-refractivity contribution in [3.05, 3.63) is 35.2 Å². The second kappa shape index (κ2) is 5.25. The lowest BCUT2D eigenvalue weighted by atomic mass is 10.1. The lowest BCUT2D eigenvalue weighted by Crippen LogP contribution is -2.42. The molecule has 1 fully saturated rings. The molecule has 4 nitrogen and oxygen atoms in total. The maximum absolute atomic E-state index is 12.1. The number of nitrogens with one attached hydrogen (secondary N) is 2. The van der Waals surface area contributed by atoms with E-state index in [-0.39, 0.29) is 23.9 Å². The van der Waals surface area contributed by atoms with Crippen LogP contribution in [0.15, 0.2) is 29.6 Å². The molecule has 1 saturated heterocycles. The molecule has 1 aliphatic heterocycles. The summed E-state index contributed by atoms with van der Waals surface area (Å²) in [5.41, 5.74) is 1.13. The highest BCUT2D eigenvalue weighted by Gasteiger charge is 2.28. The van der Waals surface area contributed by atoms with E-state index in [1.165, 1.54) is 10.1 Å². The van der Waals surface area contributed by atoms with Gasteiger partial charge < -0.3 is 10.6 Å². The molecule has 2 aromatic rings. The zero-order valence-electron chi connectivity index (χ0n) is 11.2. The van der Waals surface area contributed by atoms with Crippen LogP contribution in [-0.2, 0) is 9.59 Å². The Balaban J connectivity index is 1.74. The van der Waals surface area contributed by atoms with Gasteiger partial charge in [-0.15, -0.1) is 11.3 Å². The first-order valence-corrected chi connectivity index (χ1v) is 7.59. The fraction of sp³-hybridized carbons (Fsp3) is 0.333. The van der Waals surface area contributed by atoms with Crippen LogP contribution in [0, 0.1) is 0 Å².